The second-order valence-electron chi connectivity index (χ2n) is 10.3. The number of anilines is 1. The highest BCUT2D eigenvalue weighted by Crippen LogP contribution is 2.49. The van der Waals surface area contributed by atoms with Gasteiger partial charge in [0.2, 0.25) is 0 Å². The minimum Gasteiger partial charge on any atom is -0.378 e. The Morgan fingerprint density at radius 1 is 0.771 bits per heavy atom. The molecule has 1 unspecified atom stereocenters. The molecule has 170 valence electrons. The fourth-order valence-corrected chi connectivity index (χ4v) is 6.17. The second-order valence-corrected chi connectivity index (χ2v) is 10.3. The third kappa shape index (κ3) is 3.03. The fourth-order valence-electron chi connectivity index (χ4n) is 6.17. The maximum atomic E-state index is 3.83. The molecule has 2 aliphatic rings. The molecule has 0 radical (unpaired) electrons. The predicted molar refractivity (Wildman–Crippen MR) is 147 cm³/mol. The fraction of sp³-hybridized carbons (Fsp3) is 0.152. The van der Waals surface area contributed by atoms with Crippen LogP contribution in [0.1, 0.15) is 36.2 Å². The van der Waals surface area contributed by atoms with E-state index >= 15 is 0 Å². The van der Waals surface area contributed by atoms with Gasteiger partial charge in [0.05, 0.1) is 5.52 Å². The first-order valence-electron chi connectivity index (χ1n) is 12.5. The van der Waals surface area contributed by atoms with Crippen LogP contribution in [-0.4, -0.2) is 10.6 Å². The lowest BCUT2D eigenvalue weighted by atomic mass is 9.82. The topological polar surface area (TPSA) is 17.0 Å². The highest BCUT2D eigenvalue weighted by atomic mass is 15.0. The van der Waals surface area contributed by atoms with Crippen molar-refractivity contribution in [1.29, 1.82) is 0 Å². The Kier molecular flexibility index (Phi) is 4.35. The number of nitrogens with one attached hydrogen (secondary N) is 1. The number of para-hydroxylation sites is 2. The third-order valence-corrected chi connectivity index (χ3v) is 7.88. The lowest BCUT2D eigenvalue weighted by Gasteiger charge is -2.24. The highest BCUT2D eigenvalue weighted by Gasteiger charge is 2.35. The Morgan fingerprint density at radius 3 is 2.40 bits per heavy atom. The Labute approximate surface area is 206 Å². The zero-order valence-electron chi connectivity index (χ0n) is 20.1. The minimum absolute atomic E-state index is 0.0162. The van der Waals surface area contributed by atoms with E-state index in [2.05, 4.69) is 133 Å². The summed E-state index contributed by atoms with van der Waals surface area (Å²) in [5, 5.41) is 5.17. The first-order valence-corrected chi connectivity index (χ1v) is 12.5. The van der Waals surface area contributed by atoms with Gasteiger partial charge in [-0.15, -0.1) is 0 Å². The molecule has 0 fully saturated rings. The minimum atomic E-state index is 0.0162. The molecule has 1 atom stereocenters. The van der Waals surface area contributed by atoms with Gasteiger partial charge in [0.15, 0.2) is 0 Å². The lowest BCUT2D eigenvalue weighted by molar-refractivity contribution is 0.660. The number of hydrogen-bond acceptors (Lipinski definition) is 1. The zero-order chi connectivity index (χ0) is 23.6. The molecule has 0 bridgehead atoms. The lowest BCUT2D eigenvalue weighted by Crippen LogP contribution is -2.23. The van der Waals surface area contributed by atoms with E-state index in [1.54, 1.807) is 0 Å². The summed E-state index contributed by atoms with van der Waals surface area (Å²) in [5.41, 5.74) is 12.0. The van der Waals surface area contributed by atoms with Crippen LogP contribution in [0.4, 0.5) is 5.69 Å². The van der Waals surface area contributed by atoms with E-state index in [1.165, 1.54) is 55.8 Å². The van der Waals surface area contributed by atoms with Crippen LogP contribution in [0.5, 0.6) is 0 Å². The van der Waals surface area contributed by atoms with E-state index in [9.17, 15) is 0 Å². The zero-order valence-corrected chi connectivity index (χ0v) is 20.1. The summed E-state index contributed by atoms with van der Waals surface area (Å²) in [6.45, 7) is 4.68. The van der Waals surface area contributed by atoms with E-state index in [1.807, 2.05) is 0 Å². The van der Waals surface area contributed by atoms with Gasteiger partial charge >= 0.3 is 0 Å². The number of benzene rings is 4. The van der Waals surface area contributed by atoms with Crippen LogP contribution in [0.15, 0.2) is 103 Å². The summed E-state index contributed by atoms with van der Waals surface area (Å²) in [4.78, 5) is 0. The van der Waals surface area contributed by atoms with E-state index in [-0.39, 0.29) is 11.5 Å². The summed E-state index contributed by atoms with van der Waals surface area (Å²) in [5.74, 6) is 0. The van der Waals surface area contributed by atoms with Gasteiger partial charge in [0.25, 0.3) is 0 Å². The average molecular weight is 453 g/mol. The summed E-state index contributed by atoms with van der Waals surface area (Å²) in [7, 11) is 0. The smallest absolute Gasteiger partial charge is 0.0537 e. The van der Waals surface area contributed by atoms with Crippen molar-refractivity contribution in [3.63, 3.8) is 0 Å². The van der Waals surface area contributed by atoms with Crippen molar-refractivity contribution in [3.05, 3.63) is 126 Å². The Morgan fingerprint density at radius 2 is 1.51 bits per heavy atom. The van der Waals surface area contributed by atoms with E-state index < -0.39 is 0 Å². The van der Waals surface area contributed by atoms with Crippen molar-refractivity contribution in [1.82, 2.24) is 4.57 Å². The molecule has 2 nitrogen and oxygen atoms in total. The van der Waals surface area contributed by atoms with Crippen molar-refractivity contribution in [2.75, 3.05) is 5.32 Å². The van der Waals surface area contributed by atoms with Crippen LogP contribution in [0, 0.1) is 0 Å². The molecule has 0 spiro atoms. The predicted octanol–water partition coefficient (Wildman–Crippen LogP) is 7.99. The largest absolute Gasteiger partial charge is 0.378 e. The molecular formula is C33H28N2. The standard InChI is InChI=1S/C33H28N2/c1-33(2)29-14-8-6-12-25(29)26-18-16-23(21-30(26)33)34-22-17-19-32-28(20-22)27-13-7-9-15-31(27)35(32)24-10-4-3-5-11-24/h3-19,21-22,34H,20H2,1-2H3. The summed E-state index contributed by atoms with van der Waals surface area (Å²) >= 11 is 0. The van der Waals surface area contributed by atoms with Crippen molar-refractivity contribution >= 4 is 22.7 Å². The molecule has 4 aromatic carbocycles. The molecular weight excluding hydrogens is 424 g/mol. The molecule has 0 aliphatic heterocycles. The van der Waals surface area contributed by atoms with Gasteiger partial charge in [-0.2, -0.15) is 0 Å². The quantitative estimate of drug-likeness (QED) is 0.293. The first-order chi connectivity index (χ1) is 17.1. The van der Waals surface area contributed by atoms with Crippen molar-refractivity contribution < 1.29 is 0 Å². The third-order valence-electron chi connectivity index (χ3n) is 7.88. The summed E-state index contributed by atoms with van der Waals surface area (Å²) < 4.78 is 2.40. The first kappa shape index (κ1) is 20.3. The SMILES string of the molecule is CC1(C)c2ccccc2-c2ccc(NC3C=Cc4c(c5ccccc5n4-c4ccccc4)C3)cc21. The molecule has 5 aromatic rings. The van der Waals surface area contributed by atoms with Crippen molar-refractivity contribution in [3.8, 4) is 16.8 Å². The molecule has 2 aliphatic carbocycles. The normalized spacial score (nSPS) is 17.1. The van der Waals surface area contributed by atoms with E-state index in [0.29, 0.717) is 0 Å². The number of nitrogens with zero attached hydrogens (tertiary/aromatic N) is 1. The van der Waals surface area contributed by atoms with Crippen molar-refractivity contribution in [2.45, 2.75) is 31.7 Å². The molecule has 7 rings (SSSR count). The molecule has 1 aromatic heterocycles. The maximum Gasteiger partial charge on any atom is 0.0537 e. The highest BCUT2D eigenvalue weighted by molar-refractivity contribution is 5.91. The van der Waals surface area contributed by atoms with Gasteiger partial charge in [0, 0.05) is 33.9 Å². The molecule has 0 saturated heterocycles. The van der Waals surface area contributed by atoms with Crippen LogP contribution in [-0.2, 0) is 11.8 Å². The van der Waals surface area contributed by atoms with Crippen molar-refractivity contribution in [2.24, 2.45) is 0 Å². The molecule has 1 heterocycles. The van der Waals surface area contributed by atoms with Gasteiger partial charge in [-0.1, -0.05) is 86.7 Å². The summed E-state index contributed by atoms with van der Waals surface area (Å²) in [6.07, 6.45) is 5.59. The van der Waals surface area contributed by atoms with Gasteiger partial charge in [-0.25, -0.2) is 0 Å². The van der Waals surface area contributed by atoms with Crippen LogP contribution >= 0.6 is 0 Å². The van der Waals surface area contributed by atoms with Gasteiger partial charge in [-0.3, -0.25) is 0 Å². The number of rotatable bonds is 3. The number of fused-ring (bicyclic) bond motifs is 6. The second kappa shape index (κ2) is 7.48. The maximum absolute atomic E-state index is 3.83. The van der Waals surface area contributed by atoms with Gasteiger partial charge in [-0.05, 0) is 70.6 Å². The molecule has 1 N–H and O–H groups in total. The molecule has 0 amide bonds. The van der Waals surface area contributed by atoms with E-state index in [4.69, 9.17) is 0 Å². The van der Waals surface area contributed by atoms with Gasteiger partial charge < -0.3 is 9.88 Å². The van der Waals surface area contributed by atoms with E-state index in [0.717, 1.165) is 6.42 Å². The van der Waals surface area contributed by atoms with Crippen LogP contribution in [0.2, 0.25) is 0 Å². The van der Waals surface area contributed by atoms with Crippen LogP contribution in [0.25, 0.3) is 33.8 Å². The Hall–Kier alpha value is -4.04. The summed E-state index contributed by atoms with van der Waals surface area (Å²) in [6, 6.07) is 35.5. The van der Waals surface area contributed by atoms with Gasteiger partial charge in [0.1, 0.15) is 0 Å². The average Bonchev–Trinajstić information content (AvgIpc) is 3.34. The molecule has 2 heteroatoms. The number of hydrogen-bond donors (Lipinski definition) is 1. The Balaban J connectivity index is 1.25. The van der Waals surface area contributed by atoms with Crippen LogP contribution < -0.4 is 5.32 Å². The Bertz CT molecular complexity index is 1620. The molecule has 0 saturated carbocycles. The van der Waals surface area contributed by atoms with Crippen LogP contribution in [0.3, 0.4) is 0 Å². The number of aromatic nitrogens is 1. The molecule has 35 heavy (non-hydrogen) atoms. The monoisotopic (exact) mass is 452 g/mol.